The molecule has 0 N–H and O–H groups in total. The van der Waals surface area contributed by atoms with Gasteiger partial charge in [-0.1, -0.05) is 0 Å². The molecule has 0 aliphatic carbocycles. The van der Waals surface area contributed by atoms with E-state index in [9.17, 15) is 4.79 Å². The van der Waals surface area contributed by atoms with Gasteiger partial charge in [0.2, 0.25) is 0 Å². The average Bonchev–Trinajstić information content (AvgIpc) is 2.65. The molecule has 0 spiro atoms. The predicted molar refractivity (Wildman–Crippen MR) is 49.9 cm³/mol. The van der Waals surface area contributed by atoms with Gasteiger partial charge >= 0.3 is 0 Å². The summed E-state index contributed by atoms with van der Waals surface area (Å²) in [5.41, 5.74) is 2.71. The van der Waals surface area contributed by atoms with E-state index in [-0.39, 0.29) is 5.91 Å². The van der Waals surface area contributed by atoms with Gasteiger partial charge in [-0.3, -0.25) is 4.79 Å². The van der Waals surface area contributed by atoms with Gasteiger partial charge in [-0.15, -0.1) is 11.3 Å². The van der Waals surface area contributed by atoms with Gasteiger partial charge < -0.3 is 0 Å². The van der Waals surface area contributed by atoms with Gasteiger partial charge in [-0.25, -0.2) is 9.98 Å². The first-order valence-electron chi connectivity index (χ1n) is 3.81. The molecule has 0 unspecified atom stereocenters. The van der Waals surface area contributed by atoms with Crippen LogP contribution in [-0.2, 0) is 4.79 Å². The van der Waals surface area contributed by atoms with Crippen molar-refractivity contribution in [1.29, 1.82) is 0 Å². The Morgan fingerprint density at radius 1 is 1.31 bits per heavy atom. The molecule has 0 saturated carbocycles. The zero-order valence-corrected chi connectivity index (χ0v) is 7.34. The van der Waals surface area contributed by atoms with Crippen molar-refractivity contribution in [3.05, 3.63) is 28.2 Å². The van der Waals surface area contributed by atoms with Crippen LogP contribution in [0.4, 0.5) is 0 Å². The fourth-order valence-corrected chi connectivity index (χ4v) is 2.25. The molecule has 1 aromatic carbocycles. The number of hydrogen-bond donors (Lipinski definition) is 0. The Hall–Kier alpha value is -1.55. The number of carbonyl (C=O) groups excluding carboxylic acids is 1. The summed E-state index contributed by atoms with van der Waals surface area (Å²) < 4.78 is 1.05. The van der Waals surface area contributed by atoms with Crippen molar-refractivity contribution in [1.82, 2.24) is 4.98 Å². The largest absolute Gasteiger partial charge is 0.270 e. The molecule has 2 heterocycles. The third kappa shape index (κ3) is 0.860. The van der Waals surface area contributed by atoms with E-state index in [1.807, 2.05) is 12.1 Å². The number of hydrogen-bond acceptors (Lipinski definition) is 3. The molecule has 0 fully saturated rings. The Morgan fingerprint density at radius 2 is 2.23 bits per heavy atom. The number of carbonyl (C=O) groups is 1. The average molecular weight is 188 g/mol. The second kappa shape index (κ2) is 2.23. The monoisotopic (exact) mass is 188 g/mol. The minimum Gasteiger partial charge on any atom is -0.267 e. The molecular formula is C9H4N2OS. The first-order chi connectivity index (χ1) is 6.34. The van der Waals surface area contributed by atoms with Crippen LogP contribution in [0, 0.1) is 0 Å². The zero-order valence-electron chi connectivity index (χ0n) is 6.52. The predicted octanol–water partition coefficient (Wildman–Crippen LogP) is 0.237. The second-order valence-corrected chi connectivity index (χ2v) is 3.65. The Kier molecular flexibility index (Phi) is 1.19. The number of aromatic nitrogens is 1. The van der Waals surface area contributed by atoms with Crippen LogP contribution < -0.4 is 10.6 Å². The molecule has 1 aliphatic heterocycles. The molecule has 0 saturated heterocycles. The van der Waals surface area contributed by atoms with Crippen molar-refractivity contribution in [2.24, 2.45) is 4.99 Å². The van der Waals surface area contributed by atoms with Crippen LogP contribution in [-0.4, -0.2) is 10.9 Å². The summed E-state index contributed by atoms with van der Waals surface area (Å²) in [7, 11) is 0. The van der Waals surface area contributed by atoms with Gasteiger partial charge in [-0.2, -0.15) is 0 Å². The first-order valence-corrected chi connectivity index (χ1v) is 4.69. The molecule has 0 radical (unpaired) electrons. The fraction of sp³-hybridized carbons (Fsp3) is 0. The molecule has 3 rings (SSSR count). The van der Waals surface area contributed by atoms with Crippen LogP contribution in [0.1, 0.15) is 0 Å². The second-order valence-electron chi connectivity index (χ2n) is 2.79. The maximum absolute atomic E-state index is 11.0. The topological polar surface area (TPSA) is 42.3 Å². The van der Waals surface area contributed by atoms with Crippen LogP contribution >= 0.6 is 11.3 Å². The van der Waals surface area contributed by atoms with Crippen molar-refractivity contribution in [3.8, 4) is 0 Å². The summed E-state index contributed by atoms with van der Waals surface area (Å²) in [6.07, 6.45) is 1.57. The summed E-state index contributed by atoms with van der Waals surface area (Å²) in [6.45, 7) is 0. The SMILES string of the molecule is O=C1C=c2c(ccc3ncsc23)=N1. The smallest absolute Gasteiger partial charge is 0.267 e. The van der Waals surface area contributed by atoms with E-state index in [2.05, 4.69) is 9.98 Å². The molecule has 0 bridgehead atoms. The van der Waals surface area contributed by atoms with Crippen LogP contribution in [0.2, 0.25) is 0 Å². The van der Waals surface area contributed by atoms with Crippen molar-refractivity contribution in [2.75, 3.05) is 0 Å². The molecule has 13 heavy (non-hydrogen) atoms. The van der Waals surface area contributed by atoms with Crippen molar-refractivity contribution in [3.63, 3.8) is 0 Å². The summed E-state index contributed by atoms with van der Waals surface area (Å²) >= 11 is 1.54. The Bertz CT molecular complexity index is 627. The number of rotatable bonds is 0. The lowest BCUT2D eigenvalue weighted by molar-refractivity contribution is -0.112. The molecule has 1 amide bonds. The molecule has 1 aromatic heterocycles. The van der Waals surface area contributed by atoms with Crippen LogP contribution in [0.3, 0.4) is 0 Å². The first kappa shape index (κ1) is 6.91. The van der Waals surface area contributed by atoms with Crippen LogP contribution in [0.15, 0.2) is 22.6 Å². The quantitative estimate of drug-likeness (QED) is 0.594. The Labute approximate surface area is 77.1 Å². The zero-order chi connectivity index (χ0) is 8.84. The highest BCUT2D eigenvalue weighted by Crippen LogP contribution is 2.11. The Balaban J connectivity index is 2.69. The van der Waals surface area contributed by atoms with Crippen molar-refractivity contribution < 1.29 is 4.79 Å². The van der Waals surface area contributed by atoms with E-state index in [1.54, 1.807) is 22.9 Å². The van der Waals surface area contributed by atoms with E-state index in [0.29, 0.717) is 0 Å². The third-order valence-electron chi connectivity index (χ3n) is 2.01. The van der Waals surface area contributed by atoms with Gasteiger partial charge in [0.15, 0.2) is 0 Å². The van der Waals surface area contributed by atoms with Crippen molar-refractivity contribution in [2.45, 2.75) is 0 Å². The maximum atomic E-state index is 11.0. The van der Waals surface area contributed by atoms with Gasteiger partial charge in [0.1, 0.15) is 0 Å². The molecular weight excluding hydrogens is 184 g/mol. The molecule has 4 heteroatoms. The number of fused-ring (bicyclic) bond motifs is 3. The molecule has 62 valence electrons. The number of benzene rings is 1. The fourth-order valence-electron chi connectivity index (χ4n) is 1.45. The Morgan fingerprint density at radius 3 is 3.15 bits per heavy atom. The summed E-state index contributed by atoms with van der Waals surface area (Å²) in [4.78, 5) is 19.1. The summed E-state index contributed by atoms with van der Waals surface area (Å²) in [6, 6.07) is 3.72. The minimum absolute atomic E-state index is 0.170. The lowest BCUT2D eigenvalue weighted by Gasteiger charge is -1.85. The minimum atomic E-state index is -0.170. The lowest BCUT2D eigenvalue weighted by Crippen LogP contribution is -2.20. The van der Waals surface area contributed by atoms with Gasteiger partial charge in [0.05, 0.1) is 21.1 Å². The highest BCUT2D eigenvalue weighted by Gasteiger charge is 2.07. The molecule has 2 aromatic rings. The van der Waals surface area contributed by atoms with E-state index in [0.717, 1.165) is 20.8 Å². The number of thiazole rings is 1. The highest BCUT2D eigenvalue weighted by molar-refractivity contribution is 7.16. The number of nitrogens with zero attached hydrogens (tertiary/aromatic N) is 2. The van der Waals surface area contributed by atoms with Crippen molar-refractivity contribution >= 4 is 33.5 Å². The van der Waals surface area contributed by atoms with Crippen LogP contribution in [0.5, 0.6) is 0 Å². The van der Waals surface area contributed by atoms with Gasteiger partial charge in [0.25, 0.3) is 5.91 Å². The molecule has 0 atom stereocenters. The molecule has 3 nitrogen and oxygen atoms in total. The highest BCUT2D eigenvalue weighted by atomic mass is 32.1. The standard InChI is InChI=1S/C9H4N2OS/c12-8-3-5-6(11-8)1-2-7-9(5)13-4-10-7/h1-4H. The van der Waals surface area contributed by atoms with Gasteiger partial charge in [-0.05, 0) is 12.1 Å². The summed E-state index contributed by atoms with van der Waals surface area (Å²) in [5, 5.41) is 1.69. The van der Waals surface area contributed by atoms with E-state index < -0.39 is 0 Å². The van der Waals surface area contributed by atoms with E-state index in [4.69, 9.17) is 0 Å². The lowest BCUT2D eigenvalue weighted by atomic mass is 10.2. The van der Waals surface area contributed by atoms with Gasteiger partial charge in [0, 0.05) is 11.3 Å². The maximum Gasteiger partial charge on any atom is 0.270 e. The number of amides is 1. The third-order valence-corrected chi connectivity index (χ3v) is 2.89. The normalized spacial score (nSPS) is 14.0. The molecule has 1 aliphatic rings. The van der Waals surface area contributed by atoms with Crippen LogP contribution in [0.25, 0.3) is 16.3 Å². The summed E-state index contributed by atoms with van der Waals surface area (Å²) in [5.74, 6) is -0.170. The van der Waals surface area contributed by atoms with E-state index >= 15 is 0 Å². The van der Waals surface area contributed by atoms with E-state index in [1.165, 1.54) is 0 Å².